The van der Waals surface area contributed by atoms with E-state index in [9.17, 15) is 13.6 Å². The topological polar surface area (TPSA) is 98.8 Å². The highest BCUT2D eigenvalue weighted by atomic mass is 19.2. The number of anilines is 1. The number of nitrogens with zero attached hydrogens (tertiary/aromatic N) is 2. The first-order valence-corrected chi connectivity index (χ1v) is 8.84. The van der Waals surface area contributed by atoms with Crippen molar-refractivity contribution in [2.45, 2.75) is 6.61 Å². The summed E-state index contributed by atoms with van der Waals surface area (Å²) in [6.45, 7) is -0.119. The Morgan fingerprint density at radius 3 is 2.73 bits per heavy atom. The van der Waals surface area contributed by atoms with Crippen LogP contribution in [0.5, 0.6) is 5.75 Å². The van der Waals surface area contributed by atoms with Gasteiger partial charge < -0.3 is 20.6 Å². The number of carbonyl (C=O) groups is 1. The Labute approximate surface area is 171 Å². The van der Waals surface area contributed by atoms with Crippen molar-refractivity contribution in [3.63, 3.8) is 0 Å². The standard InChI is InChI=1S/C21H18F2N4O3/c22-18-7-6-16(10-19(18)23)26-20(28)13-30-27-21(24)15-4-1-5-17(9-15)29-12-14-3-2-8-25-11-14/h1-11H,12-13H2,(H2,24,27)(H,26,28). The van der Waals surface area contributed by atoms with Crippen LogP contribution in [0, 0.1) is 11.6 Å². The van der Waals surface area contributed by atoms with E-state index in [1.165, 1.54) is 6.07 Å². The number of pyridine rings is 1. The smallest absolute Gasteiger partial charge is 0.265 e. The summed E-state index contributed by atoms with van der Waals surface area (Å²) in [7, 11) is 0. The SMILES string of the molecule is N/C(=N\OCC(=O)Nc1ccc(F)c(F)c1)c1cccc(OCc2cccnc2)c1. The highest BCUT2D eigenvalue weighted by molar-refractivity contribution is 5.97. The van der Waals surface area contributed by atoms with Crippen molar-refractivity contribution < 1.29 is 23.1 Å². The maximum Gasteiger partial charge on any atom is 0.265 e. The number of benzene rings is 2. The Morgan fingerprint density at radius 1 is 1.10 bits per heavy atom. The molecule has 0 saturated heterocycles. The molecule has 154 valence electrons. The number of ether oxygens (including phenoxy) is 1. The number of carbonyl (C=O) groups excluding carboxylic acids is 1. The molecule has 3 aromatic rings. The van der Waals surface area contributed by atoms with E-state index in [4.69, 9.17) is 15.3 Å². The Morgan fingerprint density at radius 2 is 1.97 bits per heavy atom. The van der Waals surface area contributed by atoms with Crippen LogP contribution in [0.1, 0.15) is 11.1 Å². The van der Waals surface area contributed by atoms with Crippen LogP contribution in [-0.4, -0.2) is 23.3 Å². The number of amidine groups is 1. The van der Waals surface area contributed by atoms with Crippen molar-refractivity contribution >= 4 is 17.4 Å². The average molecular weight is 412 g/mol. The first kappa shape index (κ1) is 20.7. The van der Waals surface area contributed by atoms with Gasteiger partial charge in [-0.2, -0.15) is 0 Å². The van der Waals surface area contributed by atoms with Gasteiger partial charge in [0.15, 0.2) is 24.1 Å². The molecule has 30 heavy (non-hydrogen) atoms. The van der Waals surface area contributed by atoms with Crippen LogP contribution in [0.25, 0.3) is 0 Å². The molecule has 9 heteroatoms. The number of nitrogens with one attached hydrogen (secondary N) is 1. The van der Waals surface area contributed by atoms with Gasteiger partial charge in [-0.1, -0.05) is 23.4 Å². The molecular formula is C21H18F2N4O3. The van der Waals surface area contributed by atoms with Crippen molar-refractivity contribution in [2.24, 2.45) is 10.9 Å². The van der Waals surface area contributed by atoms with E-state index in [1.807, 2.05) is 12.1 Å². The molecule has 0 fully saturated rings. The minimum atomic E-state index is -1.07. The molecule has 3 rings (SSSR count). The number of aromatic nitrogens is 1. The molecule has 3 N–H and O–H groups in total. The van der Waals surface area contributed by atoms with Gasteiger partial charge in [-0.3, -0.25) is 9.78 Å². The molecule has 0 saturated carbocycles. The zero-order valence-electron chi connectivity index (χ0n) is 15.7. The van der Waals surface area contributed by atoms with Gasteiger partial charge in [-0.15, -0.1) is 0 Å². The largest absolute Gasteiger partial charge is 0.489 e. The number of hydrogen-bond donors (Lipinski definition) is 2. The minimum Gasteiger partial charge on any atom is -0.489 e. The van der Waals surface area contributed by atoms with E-state index in [1.54, 1.807) is 36.7 Å². The number of oxime groups is 1. The van der Waals surface area contributed by atoms with Crippen LogP contribution >= 0.6 is 0 Å². The van der Waals surface area contributed by atoms with Crippen molar-refractivity contribution in [1.29, 1.82) is 0 Å². The Hall–Kier alpha value is -4.01. The van der Waals surface area contributed by atoms with Crippen molar-refractivity contribution in [3.05, 3.63) is 89.8 Å². The molecule has 0 radical (unpaired) electrons. The van der Waals surface area contributed by atoms with Crippen molar-refractivity contribution in [3.8, 4) is 5.75 Å². The van der Waals surface area contributed by atoms with E-state index >= 15 is 0 Å². The summed E-state index contributed by atoms with van der Waals surface area (Å²) in [6, 6.07) is 13.6. The van der Waals surface area contributed by atoms with Crippen molar-refractivity contribution in [2.75, 3.05) is 11.9 Å². The zero-order chi connectivity index (χ0) is 21.3. The van der Waals surface area contributed by atoms with Gasteiger partial charge >= 0.3 is 0 Å². The molecule has 7 nitrogen and oxygen atoms in total. The summed E-state index contributed by atoms with van der Waals surface area (Å²) >= 11 is 0. The maximum atomic E-state index is 13.1. The molecular weight excluding hydrogens is 394 g/mol. The molecule has 0 unspecified atom stereocenters. The van der Waals surface area contributed by atoms with Gasteiger partial charge in [0.25, 0.3) is 5.91 Å². The number of hydrogen-bond acceptors (Lipinski definition) is 5. The molecule has 1 amide bonds. The summed E-state index contributed by atoms with van der Waals surface area (Å²) in [5, 5.41) is 6.06. The highest BCUT2D eigenvalue weighted by Crippen LogP contribution is 2.15. The third-order valence-electron chi connectivity index (χ3n) is 3.82. The molecule has 0 spiro atoms. The quantitative estimate of drug-likeness (QED) is 0.336. The molecule has 0 aliphatic carbocycles. The number of halogens is 2. The van der Waals surface area contributed by atoms with Crippen LogP contribution in [-0.2, 0) is 16.2 Å². The van der Waals surface area contributed by atoms with Crippen LogP contribution in [0.15, 0.2) is 72.1 Å². The number of rotatable bonds is 8. The summed E-state index contributed by atoms with van der Waals surface area (Å²) < 4.78 is 31.7. The van der Waals surface area contributed by atoms with Gasteiger partial charge in [0.2, 0.25) is 0 Å². The van der Waals surface area contributed by atoms with Crippen LogP contribution in [0.4, 0.5) is 14.5 Å². The lowest BCUT2D eigenvalue weighted by molar-refractivity contribution is -0.120. The van der Waals surface area contributed by atoms with E-state index < -0.39 is 24.1 Å². The van der Waals surface area contributed by atoms with E-state index in [-0.39, 0.29) is 11.5 Å². The average Bonchev–Trinajstić information content (AvgIpc) is 2.76. The first-order chi connectivity index (χ1) is 14.5. The van der Waals surface area contributed by atoms with E-state index in [2.05, 4.69) is 15.5 Å². The normalized spacial score (nSPS) is 11.1. The highest BCUT2D eigenvalue weighted by Gasteiger charge is 2.08. The van der Waals surface area contributed by atoms with Gasteiger partial charge in [0, 0.05) is 35.3 Å². The summed E-state index contributed by atoms with van der Waals surface area (Å²) in [5.74, 6) is -2.06. The molecule has 1 aromatic heterocycles. The molecule has 0 atom stereocenters. The maximum absolute atomic E-state index is 13.1. The van der Waals surface area contributed by atoms with Crippen LogP contribution in [0.3, 0.4) is 0 Å². The predicted octanol–water partition coefficient (Wildman–Crippen LogP) is 3.21. The second-order valence-electron chi connectivity index (χ2n) is 6.10. The molecule has 0 aliphatic heterocycles. The first-order valence-electron chi connectivity index (χ1n) is 8.84. The molecule has 0 bridgehead atoms. The fourth-order valence-electron chi connectivity index (χ4n) is 2.38. The van der Waals surface area contributed by atoms with E-state index in [0.29, 0.717) is 17.9 Å². The molecule has 1 heterocycles. The third kappa shape index (κ3) is 5.99. The van der Waals surface area contributed by atoms with Crippen LogP contribution in [0.2, 0.25) is 0 Å². The lowest BCUT2D eigenvalue weighted by Gasteiger charge is -2.08. The van der Waals surface area contributed by atoms with Gasteiger partial charge in [0.1, 0.15) is 12.4 Å². The fourth-order valence-corrected chi connectivity index (χ4v) is 2.38. The Kier molecular flexibility index (Phi) is 6.88. The Balaban J connectivity index is 1.52. The predicted molar refractivity (Wildman–Crippen MR) is 107 cm³/mol. The molecule has 2 aromatic carbocycles. The zero-order valence-corrected chi connectivity index (χ0v) is 15.7. The summed E-state index contributed by atoms with van der Waals surface area (Å²) in [5.41, 5.74) is 7.44. The van der Waals surface area contributed by atoms with E-state index in [0.717, 1.165) is 17.7 Å². The minimum absolute atomic E-state index is 0.0439. The molecule has 0 aliphatic rings. The van der Waals surface area contributed by atoms with Gasteiger partial charge in [-0.05, 0) is 30.3 Å². The Bertz CT molecular complexity index is 1050. The summed E-state index contributed by atoms with van der Waals surface area (Å²) in [6.07, 6.45) is 3.39. The van der Waals surface area contributed by atoms with Gasteiger partial charge in [0.05, 0.1) is 0 Å². The monoisotopic (exact) mass is 412 g/mol. The number of amides is 1. The lowest BCUT2D eigenvalue weighted by Crippen LogP contribution is -2.19. The number of nitrogens with two attached hydrogens (primary N) is 1. The second kappa shape index (κ2) is 9.97. The summed E-state index contributed by atoms with van der Waals surface area (Å²) in [4.78, 5) is 20.8. The second-order valence-corrected chi connectivity index (χ2v) is 6.10. The third-order valence-corrected chi connectivity index (χ3v) is 3.82. The van der Waals surface area contributed by atoms with Crippen molar-refractivity contribution in [1.82, 2.24) is 4.98 Å². The lowest BCUT2D eigenvalue weighted by atomic mass is 10.2. The van der Waals surface area contributed by atoms with Crippen LogP contribution < -0.4 is 15.8 Å². The fraction of sp³-hybridized carbons (Fsp3) is 0.0952. The van der Waals surface area contributed by atoms with Gasteiger partial charge in [-0.25, -0.2) is 8.78 Å².